The fraction of sp³-hybridized carbons (Fsp3) is 0.538. The van der Waals surface area contributed by atoms with E-state index in [0.29, 0.717) is 11.8 Å². The number of hydrogen-bond donors (Lipinski definition) is 0. The van der Waals surface area contributed by atoms with Crippen LogP contribution >= 0.6 is 0 Å². The van der Waals surface area contributed by atoms with Gasteiger partial charge in [-0.3, -0.25) is 10.1 Å². The minimum Gasteiger partial charge on any atom is -0.352 e. The molecule has 2 bridgehead atoms. The second-order valence-electron chi connectivity index (χ2n) is 4.91. The van der Waals surface area contributed by atoms with Crippen molar-refractivity contribution in [3.8, 4) is 0 Å². The average Bonchev–Trinajstić information content (AvgIpc) is 2.62. The van der Waals surface area contributed by atoms with Crippen molar-refractivity contribution in [1.82, 2.24) is 0 Å². The molecule has 0 amide bonds. The van der Waals surface area contributed by atoms with E-state index in [4.69, 9.17) is 9.47 Å². The summed E-state index contributed by atoms with van der Waals surface area (Å²) in [5.74, 6) is 0.958. The number of nitrogens with zero attached hydrogens (tertiary/aromatic N) is 1. The van der Waals surface area contributed by atoms with Gasteiger partial charge in [0.25, 0.3) is 5.69 Å². The number of nitro benzene ring substituents is 1. The molecule has 3 rings (SSSR count). The largest absolute Gasteiger partial charge is 0.352 e. The predicted octanol–water partition coefficient (Wildman–Crippen LogP) is 2.15. The van der Waals surface area contributed by atoms with Crippen molar-refractivity contribution in [3.63, 3.8) is 0 Å². The molecule has 1 aromatic rings. The Morgan fingerprint density at radius 3 is 2.72 bits per heavy atom. The van der Waals surface area contributed by atoms with Crippen molar-refractivity contribution >= 4 is 5.69 Å². The van der Waals surface area contributed by atoms with Crippen LogP contribution in [0.1, 0.15) is 12.0 Å². The first kappa shape index (κ1) is 11.6. The van der Waals surface area contributed by atoms with Crippen molar-refractivity contribution in [2.24, 2.45) is 11.8 Å². The SMILES string of the molecule is O=[N+]([O-])c1ccc(C[C@@H]2[C@H]3CCO[C@@H]2OC3)cc1. The molecule has 0 radical (unpaired) electrons. The van der Waals surface area contributed by atoms with Gasteiger partial charge < -0.3 is 9.47 Å². The minimum atomic E-state index is -0.375. The molecule has 3 atom stereocenters. The molecule has 0 aromatic heterocycles. The van der Waals surface area contributed by atoms with Crippen molar-refractivity contribution < 1.29 is 14.4 Å². The Balaban J connectivity index is 1.71. The minimum absolute atomic E-state index is 0.0843. The highest BCUT2D eigenvalue weighted by Crippen LogP contribution is 2.37. The van der Waals surface area contributed by atoms with Crippen LogP contribution < -0.4 is 0 Å². The van der Waals surface area contributed by atoms with Gasteiger partial charge in [0.2, 0.25) is 0 Å². The van der Waals surface area contributed by atoms with E-state index in [-0.39, 0.29) is 16.9 Å². The van der Waals surface area contributed by atoms with E-state index in [9.17, 15) is 10.1 Å². The number of fused-ring (bicyclic) bond motifs is 2. The van der Waals surface area contributed by atoms with E-state index < -0.39 is 0 Å². The van der Waals surface area contributed by atoms with Crippen molar-refractivity contribution in [2.45, 2.75) is 19.1 Å². The highest BCUT2D eigenvalue weighted by atomic mass is 16.7. The summed E-state index contributed by atoms with van der Waals surface area (Å²) in [6.45, 7) is 1.56. The molecule has 96 valence electrons. The molecule has 2 aliphatic heterocycles. The van der Waals surface area contributed by atoms with Crippen LogP contribution in [0.5, 0.6) is 0 Å². The molecule has 2 fully saturated rings. The number of rotatable bonds is 3. The molecular formula is C13H15NO4. The molecule has 18 heavy (non-hydrogen) atoms. The maximum absolute atomic E-state index is 10.6. The number of ether oxygens (including phenoxy) is 2. The van der Waals surface area contributed by atoms with Gasteiger partial charge in [-0.2, -0.15) is 0 Å². The zero-order chi connectivity index (χ0) is 12.5. The number of hydrogen-bond acceptors (Lipinski definition) is 4. The summed E-state index contributed by atoms with van der Waals surface area (Å²) in [6.07, 6.45) is 1.83. The lowest BCUT2D eigenvalue weighted by Gasteiger charge is -2.27. The van der Waals surface area contributed by atoms with Gasteiger partial charge in [-0.25, -0.2) is 0 Å². The maximum Gasteiger partial charge on any atom is 0.269 e. The van der Waals surface area contributed by atoms with Crippen LogP contribution in [0.15, 0.2) is 24.3 Å². The Morgan fingerprint density at radius 2 is 2.06 bits per heavy atom. The number of nitro groups is 1. The highest BCUT2D eigenvalue weighted by molar-refractivity contribution is 5.33. The highest BCUT2D eigenvalue weighted by Gasteiger charge is 2.40. The van der Waals surface area contributed by atoms with E-state index in [2.05, 4.69) is 0 Å². The van der Waals surface area contributed by atoms with E-state index >= 15 is 0 Å². The molecule has 1 aromatic carbocycles. The molecule has 2 aliphatic rings. The first-order chi connectivity index (χ1) is 8.74. The fourth-order valence-electron chi connectivity index (χ4n) is 2.78. The molecule has 5 nitrogen and oxygen atoms in total. The van der Waals surface area contributed by atoms with Crippen molar-refractivity contribution in [2.75, 3.05) is 13.2 Å². The third-order valence-electron chi connectivity index (χ3n) is 3.82. The van der Waals surface area contributed by atoms with Crippen LogP contribution in [0.4, 0.5) is 5.69 Å². The normalized spacial score (nSPS) is 30.3. The van der Waals surface area contributed by atoms with Gasteiger partial charge in [-0.15, -0.1) is 0 Å². The van der Waals surface area contributed by atoms with Gasteiger partial charge in [0, 0.05) is 18.1 Å². The van der Waals surface area contributed by atoms with E-state index in [1.807, 2.05) is 12.1 Å². The maximum atomic E-state index is 10.6. The van der Waals surface area contributed by atoms with Crippen LogP contribution in [0.3, 0.4) is 0 Å². The predicted molar refractivity (Wildman–Crippen MR) is 64.1 cm³/mol. The Morgan fingerprint density at radius 1 is 1.28 bits per heavy atom. The number of benzene rings is 1. The van der Waals surface area contributed by atoms with E-state index in [0.717, 1.165) is 31.6 Å². The summed E-state index contributed by atoms with van der Waals surface area (Å²) in [5, 5.41) is 10.6. The zero-order valence-corrected chi connectivity index (χ0v) is 9.95. The Bertz CT molecular complexity index is 429. The van der Waals surface area contributed by atoms with Crippen LogP contribution in [0, 0.1) is 22.0 Å². The lowest BCUT2D eigenvalue weighted by molar-refractivity contribution is -0.384. The Hall–Kier alpha value is -1.46. The van der Waals surface area contributed by atoms with Gasteiger partial charge >= 0.3 is 0 Å². The van der Waals surface area contributed by atoms with Crippen LogP contribution in [-0.4, -0.2) is 24.4 Å². The summed E-state index contributed by atoms with van der Waals surface area (Å²) in [4.78, 5) is 10.2. The van der Waals surface area contributed by atoms with Gasteiger partial charge in [0.1, 0.15) is 0 Å². The van der Waals surface area contributed by atoms with Gasteiger partial charge in [0.05, 0.1) is 18.1 Å². The molecule has 2 saturated heterocycles. The van der Waals surface area contributed by atoms with Crippen LogP contribution in [0.2, 0.25) is 0 Å². The first-order valence-electron chi connectivity index (χ1n) is 6.20. The van der Waals surface area contributed by atoms with Crippen molar-refractivity contribution in [3.05, 3.63) is 39.9 Å². The first-order valence-corrected chi connectivity index (χ1v) is 6.20. The second kappa shape index (κ2) is 4.66. The topological polar surface area (TPSA) is 61.6 Å². The molecule has 2 heterocycles. The van der Waals surface area contributed by atoms with Gasteiger partial charge in [-0.05, 0) is 24.3 Å². The third-order valence-corrected chi connectivity index (χ3v) is 3.82. The summed E-state index contributed by atoms with van der Waals surface area (Å²) in [7, 11) is 0. The quantitative estimate of drug-likeness (QED) is 0.608. The van der Waals surface area contributed by atoms with Crippen molar-refractivity contribution in [1.29, 1.82) is 0 Å². The second-order valence-corrected chi connectivity index (χ2v) is 4.91. The lowest BCUT2D eigenvalue weighted by atomic mass is 9.85. The zero-order valence-electron chi connectivity index (χ0n) is 9.95. The molecule has 0 N–H and O–H groups in total. The molecule has 5 heteroatoms. The van der Waals surface area contributed by atoms with E-state index in [1.165, 1.54) is 0 Å². The Labute approximate surface area is 105 Å². The van der Waals surface area contributed by atoms with Crippen LogP contribution in [0.25, 0.3) is 0 Å². The van der Waals surface area contributed by atoms with E-state index in [1.54, 1.807) is 12.1 Å². The van der Waals surface area contributed by atoms with Gasteiger partial charge in [-0.1, -0.05) is 12.1 Å². The summed E-state index contributed by atoms with van der Waals surface area (Å²) >= 11 is 0. The number of non-ortho nitro benzene ring substituents is 1. The molecule has 0 spiro atoms. The average molecular weight is 249 g/mol. The summed E-state index contributed by atoms with van der Waals surface area (Å²) < 4.78 is 11.2. The monoisotopic (exact) mass is 249 g/mol. The standard InChI is InChI=1S/C13H15NO4/c15-14(16)11-3-1-9(2-4-11)7-12-10-5-6-17-13(12)18-8-10/h1-4,10,12-13H,5-8H2/t10-,12+,13+/m0/s1. The molecule has 0 saturated carbocycles. The Kier molecular flexibility index (Phi) is 3.01. The lowest BCUT2D eigenvalue weighted by Crippen LogP contribution is -2.31. The van der Waals surface area contributed by atoms with Crippen LogP contribution in [-0.2, 0) is 15.9 Å². The summed E-state index contributed by atoms with van der Waals surface area (Å²) in [5.41, 5.74) is 1.24. The fourth-order valence-corrected chi connectivity index (χ4v) is 2.78. The third kappa shape index (κ3) is 2.11. The molecule has 0 unspecified atom stereocenters. The summed E-state index contributed by atoms with van der Waals surface area (Å²) in [6, 6.07) is 6.77. The van der Waals surface area contributed by atoms with Gasteiger partial charge in [0.15, 0.2) is 6.29 Å². The molecular weight excluding hydrogens is 234 g/mol. The molecule has 0 aliphatic carbocycles. The smallest absolute Gasteiger partial charge is 0.269 e.